The van der Waals surface area contributed by atoms with Crippen molar-refractivity contribution >= 4 is 124 Å². The van der Waals surface area contributed by atoms with E-state index in [0.29, 0.717) is 40.4 Å². The number of aromatic nitrogens is 10. The number of aromatic amines is 1. The molecule has 0 amide bonds. The largest absolute Gasteiger partial charge is 1.00 e. The molecule has 7 atom stereocenters. The average molecular weight is 2030 g/mol. The first kappa shape index (κ1) is 134. The van der Waals surface area contributed by atoms with Crippen LogP contribution in [0.3, 0.4) is 0 Å². The number of carbonyl (C=O) groups excluding carboxylic acids is 7. The third kappa shape index (κ3) is 51.9. The van der Waals surface area contributed by atoms with Crippen LogP contribution in [0, 0.1) is 22.7 Å². The quantitative estimate of drug-likeness (QED) is 0.00717. The van der Waals surface area contributed by atoms with Crippen LogP contribution >= 0.6 is 62.3 Å². The van der Waals surface area contributed by atoms with Crippen LogP contribution in [0.2, 0.25) is 20.1 Å². The molecule has 1 radical (unpaired) electrons. The summed E-state index contributed by atoms with van der Waals surface area (Å²) in [5.41, 5.74) is 5.46. The van der Waals surface area contributed by atoms with Gasteiger partial charge in [0.15, 0.2) is 0 Å². The number of benzene rings is 4. The van der Waals surface area contributed by atoms with Gasteiger partial charge in [0.05, 0.1) is 88.7 Å². The van der Waals surface area contributed by atoms with Crippen LogP contribution < -0.4 is 153 Å². The smallest absolute Gasteiger partial charge is 1.00 e. The van der Waals surface area contributed by atoms with E-state index in [-0.39, 0.29) is 199 Å². The van der Waals surface area contributed by atoms with Crippen molar-refractivity contribution in [3.05, 3.63) is 218 Å². The van der Waals surface area contributed by atoms with Gasteiger partial charge in [0, 0.05) is 170 Å². The second-order valence-electron chi connectivity index (χ2n) is 27.5. The average Bonchev–Trinajstić information content (AvgIpc) is 1.54. The number of nitrogens with one attached hydrogen (secondary N) is 2. The molecular weight excluding hydrogens is 1900 g/mol. The van der Waals surface area contributed by atoms with E-state index in [1.54, 1.807) is 63.9 Å². The van der Waals surface area contributed by atoms with Gasteiger partial charge in [-0.3, -0.25) is 30.4 Å². The van der Waals surface area contributed by atoms with Crippen molar-refractivity contribution in [3.8, 4) is 12.1 Å². The third-order valence-corrected chi connectivity index (χ3v) is 20.3. The number of anilines is 2. The molecule has 4 aromatic carbocycles. The molecule has 2 aliphatic heterocycles. The molecule has 0 spiro atoms. The van der Waals surface area contributed by atoms with E-state index in [9.17, 15) is 29.2 Å². The summed E-state index contributed by atoms with van der Waals surface area (Å²) in [7, 11) is 3.25. The van der Waals surface area contributed by atoms with Crippen LogP contribution in [0.15, 0.2) is 147 Å². The number of aliphatic hydroxyl groups excluding tert-OH is 1. The number of esters is 4. The number of imidazole rings is 5. The van der Waals surface area contributed by atoms with Crippen molar-refractivity contribution in [3.63, 3.8) is 0 Å². The number of hydrogen-bond acceptors (Lipinski definition) is 26. The molecule has 2 saturated heterocycles. The number of nitrogens with zero attached hydrogens (tertiary/aromatic N) is 15. The Kier molecular flexibility index (Phi) is 82.5. The first-order valence-corrected chi connectivity index (χ1v) is 44.4. The fraction of sp³-hybridized carbons (Fsp3) is 0.473. The van der Waals surface area contributed by atoms with Crippen molar-refractivity contribution in [2.45, 2.75) is 198 Å². The SMILES string of the molecule is CC(=O)OC(C)=O.CCN(CC)CC.CCOC(=O)C(C)Br.CCOC(=O)C(C)n1ccnc1CC.CCc1ncc[nH]1.CCc1nccn1C(C)C=O.CCc1nccn1C(C)CN1CCN(c2ccc(C#N)cc2Cl)[C@H](c2ccc(Cl)cc2)C1.CCc1nccn1C(C)CO.C[C-]=O.N#Cc1ccc(N2CCNC[C@H]2c2ccc(Cl)cc2)c(Cl)c1.O.O=CO[O-].[B]=O.[H-].[K+].[K+].[Na+]. The van der Waals surface area contributed by atoms with E-state index in [4.69, 9.17) is 81.1 Å². The van der Waals surface area contributed by atoms with Gasteiger partial charge in [-0.1, -0.05) is 142 Å². The molecule has 132 heavy (non-hydrogen) atoms. The Bertz CT molecular complexity index is 4660. The molecule has 32 nitrogen and oxygen atoms in total. The van der Waals surface area contributed by atoms with E-state index in [0.717, 1.165) is 135 Å². The zero-order chi connectivity index (χ0) is 96.6. The molecule has 709 valence electrons. The van der Waals surface area contributed by atoms with Crippen molar-refractivity contribution in [2.24, 2.45) is 0 Å². The molecule has 11 rings (SSSR count). The Hall–Kier alpha value is -6.06. The van der Waals surface area contributed by atoms with Gasteiger partial charge in [0.2, 0.25) is 0 Å². The van der Waals surface area contributed by atoms with E-state index in [2.05, 4.69) is 176 Å². The number of hydrogen-bond donors (Lipinski definition) is 3. The Morgan fingerprint density at radius 3 is 1.36 bits per heavy atom. The molecule has 7 heterocycles. The summed E-state index contributed by atoms with van der Waals surface area (Å²) in [6, 6.07) is 31.7. The van der Waals surface area contributed by atoms with Crippen LogP contribution in [0.4, 0.5) is 11.4 Å². The van der Waals surface area contributed by atoms with Gasteiger partial charge in [-0.05, 0) is 140 Å². The van der Waals surface area contributed by atoms with Crippen molar-refractivity contribution in [1.29, 1.82) is 10.5 Å². The van der Waals surface area contributed by atoms with Gasteiger partial charge in [-0.25, -0.2) is 29.7 Å². The van der Waals surface area contributed by atoms with Gasteiger partial charge >= 0.3 is 169 Å². The van der Waals surface area contributed by atoms with Crippen molar-refractivity contribution in [1.82, 2.24) is 63.3 Å². The third-order valence-electron chi connectivity index (χ3n) is 18.8. The fourth-order valence-corrected chi connectivity index (χ4v) is 13.4. The normalized spacial score (nSPS) is 13.4. The predicted molar refractivity (Wildman–Crippen MR) is 508 cm³/mol. The zero-order valence-electron chi connectivity index (χ0n) is 81.2. The summed E-state index contributed by atoms with van der Waals surface area (Å²) in [4.78, 5) is 105. The maximum Gasteiger partial charge on any atom is 1.00 e. The van der Waals surface area contributed by atoms with E-state index >= 15 is 0 Å². The van der Waals surface area contributed by atoms with Crippen molar-refractivity contribution < 1.29 is 207 Å². The topological polar surface area (TPSA) is 421 Å². The van der Waals surface area contributed by atoms with Crippen LogP contribution in [-0.4, -0.2) is 209 Å². The fourth-order valence-electron chi connectivity index (χ4n) is 12.5. The van der Waals surface area contributed by atoms with Crippen LogP contribution in [0.5, 0.6) is 0 Å². The second kappa shape index (κ2) is 81.0. The Labute approximate surface area is 917 Å². The predicted octanol–water partition coefficient (Wildman–Crippen LogP) is 5.64. The first-order valence-electron chi connectivity index (χ1n) is 42.0. The van der Waals surface area contributed by atoms with Crippen LogP contribution in [0.1, 0.15) is 214 Å². The summed E-state index contributed by atoms with van der Waals surface area (Å²) < 4.78 is 29.3. The maximum atomic E-state index is 11.4. The summed E-state index contributed by atoms with van der Waals surface area (Å²) in [5, 5.41) is 41.6. The molecule has 9 aromatic rings. The number of halogens is 5. The number of nitriles is 2. The zero-order valence-corrected chi connectivity index (χ0v) is 93.1. The van der Waals surface area contributed by atoms with Gasteiger partial charge in [0.25, 0.3) is 6.47 Å². The Balaban J connectivity index is -0.000000354. The molecule has 41 heteroatoms. The maximum absolute atomic E-state index is 11.4. The monoisotopic (exact) mass is 2030 g/mol. The number of piperazine rings is 2. The van der Waals surface area contributed by atoms with Crippen LogP contribution in [0.25, 0.3) is 0 Å². The molecule has 5 unspecified atom stereocenters. The molecule has 0 aliphatic carbocycles. The molecule has 2 fully saturated rings. The number of rotatable bonds is 25. The summed E-state index contributed by atoms with van der Waals surface area (Å²) in [5.74, 6) is 3.55. The minimum Gasteiger partial charge on any atom is -1.00 e. The standard InChI is InChI=1S/C25H27Cl2N5.C17H15Cl2N3.C10H16N2O2.C8H14N2O.C8H12N2O.C6H15N.C5H9BrO2.C5H8N2.C4H6O3.C2H3O.CH2O3.BO.2K.Na.H2O.H/c1-3-25-29-10-11-31(25)18(2)16-30-12-13-32(23-9-4-19(15-28)14-22(23)27)24(17-30)20-5-7-21(26)8-6-20;18-14-4-2-13(3-5-14)17-11-21-7-8-22(17)16-6-1-12(10-20)9-15(16)19;1-4-9-11-6-7-12(9)8(3)10(13)14-5-2;2*1-3-8-9-4-5-10(8)7(2)6-11;1-4-7(5-2)6-3;1-3-8-5(7)4(2)6;1-2-5-6-3-4-7-5;1-3(5)7-4(2)6;1-2-3;2-1-4-3;1-2;;;;;/h4-11,14,18,24H,3,12-13,16-17H2,1-2H3;1-6,9,17,21H,7-8,11H2;6-8H,4-5H2,1-3H3;4-5,7,11H,3,6H2,1-2H3;4-7H,3H2,1-2H3;4-6H2,1-3H3;4H,3H2,1-2H3;3-4H,2H2,1H3,(H,6,7);1-2H3;1H3;1,3H;;;;;1H2;/q;;;;;;;;;-1;;;3*+1;;-1/p-1/t18?,24-;17-;;;;;;;;;;;;;;;/m00.............../s1. The summed E-state index contributed by atoms with van der Waals surface area (Å²) in [6.07, 6.45) is 25.2. The van der Waals surface area contributed by atoms with Crippen LogP contribution in [-0.2, 0) is 89.5 Å². The molecular formula is C91H129BBrCl4K2N17NaO15. The number of H-pyrrole nitrogens is 1. The number of aryl methyl sites for hydroxylation is 5. The molecule has 5 aromatic heterocycles. The number of ether oxygens (including phenoxy) is 3. The van der Waals surface area contributed by atoms with Gasteiger partial charge < -0.3 is 89.2 Å². The van der Waals surface area contributed by atoms with E-state index in [1.807, 2.05) is 134 Å². The molecule has 5 N–H and O–H groups in total. The summed E-state index contributed by atoms with van der Waals surface area (Å²) >= 11 is 28.2. The van der Waals surface area contributed by atoms with Gasteiger partial charge in [-0.2, -0.15) is 17.4 Å². The summed E-state index contributed by atoms with van der Waals surface area (Å²) in [6.45, 7) is 44.4. The van der Waals surface area contributed by atoms with E-state index < -0.39 is 11.9 Å². The van der Waals surface area contributed by atoms with Gasteiger partial charge in [-0.15, -0.1) is 0 Å². The van der Waals surface area contributed by atoms with E-state index in [1.165, 1.54) is 57.8 Å². The molecule has 0 saturated carbocycles. The Morgan fingerprint density at radius 2 is 1.02 bits per heavy atom. The van der Waals surface area contributed by atoms with Crippen molar-refractivity contribution in [2.75, 3.05) is 95.1 Å². The number of carbonyl (C=O) groups is 6. The molecule has 2 aliphatic rings. The first-order chi connectivity index (χ1) is 61.4. The molecule has 0 bridgehead atoms. The number of aldehydes is 1. The number of alkyl halides is 1. The second-order valence-corrected chi connectivity index (χ2v) is 30.6. The number of aliphatic hydroxyl groups is 1. The minimum atomic E-state index is -0.562. The minimum absolute atomic E-state index is 0. The Morgan fingerprint density at radius 1 is 0.621 bits per heavy atom. The van der Waals surface area contributed by atoms with Gasteiger partial charge in [0.1, 0.15) is 46.3 Å².